The second-order valence-electron chi connectivity index (χ2n) is 10.1. The van der Waals surface area contributed by atoms with Crippen LogP contribution in [0.5, 0.6) is 0 Å². The van der Waals surface area contributed by atoms with Gasteiger partial charge in [-0.1, -0.05) is 117 Å². The van der Waals surface area contributed by atoms with Gasteiger partial charge in [0.2, 0.25) is 0 Å². The number of esters is 1. The first kappa shape index (κ1) is 28.8. The highest BCUT2D eigenvalue weighted by Gasteiger charge is 2.44. The average molecular weight is 454 g/mol. The number of carbonyl (C=O) groups excluding carboxylic acids is 2. The molecule has 0 radical (unpaired) electrons. The van der Waals surface area contributed by atoms with E-state index in [-0.39, 0.29) is 11.9 Å². The summed E-state index contributed by atoms with van der Waals surface area (Å²) in [6.07, 6.45) is 20.9. The van der Waals surface area contributed by atoms with E-state index in [4.69, 9.17) is 9.47 Å². The lowest BCUT2D eigenvalue weighted by atomic mass is 9.98. The predicted octanol–water partition coefficient (Wildman–Crippen LogP) is 7.71. The Morgan fingerprint density at radius 1 is 0.750 bits per heavy atom. The zero-order valence-corrected chi connectivity index (χ0v) is 21.4. The predicted molar refractivity (Wildman–Crippen MR) is 132 cm³/mol. The molecule has 1 fully saturated rings. The molecule has 1 N–H and O–H groups in total. The lowest BCUT2D eigenvalue weighted by molar-refractivity contribution is -0.151. The molecule has 0 bridgehead atoms. The minimum atomic E-state index is -0.885. The number of hydrogen-bond donors (Lipinski definition) is 1. The van der Waals surface area contributed by atoms with Gasteiger partial charge >= 0.3 is 12.1 Å². The van der Waals surface area contributed by atoms with Crippen molar-refractivity contribution in [2.45, 2.75) is 142 Å². The van der Waals surface area contributed by atoms with E-state index in [1.807, 2.05) is 13.8 Å². The molecule has 188 valence electrons. The Hall–Kier alpha value is -1.26. The normalized spacial score (nSPS) is 15.1. The minimum Gasteiger partial charge on any atom is -0.464 e. The van der Waals surface area contributed by atoms with Crippen molar-refractivity contribution in [1.82, 2.24) is 5.32 Å². The Bertz CT molecular complexity index is 486. The van der Waals surface area contributed by atoms with Crippen molar-refractivity contribution in [2.24, 2.45) is 5.92 Å². The SMILES string of the molecule is CCCCCCCCCCCCCCCCOC(=O)C1(NC(=O)OCC(C)C)CCCC1. The van der Waals surface area contributed by atoms with Crippen molar-refractivity contribution in [3.8, 4) is 0 Å². The first-order valence-corrected chi connectivity index (χ1v) is 13.6. The number of amides is 1. The second kappa shape index (κ2) is 18.2. The summed E-state index contributed by atoms with van der Waals surface area (Å²) in [6.45, 7) is 7.05. The van der Waals surface area contributed by atoms with Gasteiger partial charge in [0.25, 0.3) is 0 Å². The third-order valence-electron chi connectivity index (χ3n) is 6.47. The number of unbranched alkanes of at least 4 members (excludes halogenated alkanes) is 13. The Morgan fingerprint density at radius 2 is 1.22 bits per heavy atom. The Kier molecular flexibility index (Phi) is 16.4. The fraction of sp³-hybridized carbons (Fsp3) is 0.926. The fourth-order valence-electron chi connectivity index (χ4n) is 4.43. The largest absolute Gasteiger partial charge is 0.464 e. The first-order chi connectivity index (χ1) is 15.5. The summed E-state index contributed by atoms with van der Waals surface area (Å²) in [5, 5.41) is 2.81. The van der Waals surface area contributed by atoms with Crippen LogP contribution >= 0.6 is 0 Å². The number of carbonyl (C=O) groups is 2. The molecule has 0 heterocycles. The van der Waals surface area contributed by atoms with Crippen molar-refractivity contribution < 1.29 is 19.1 Å². The molecule has 32 heavy (non-hydrogen) atoms. The van der Waals surface area contributed by atoms with Gasteiger partial charge in [0.15, 0.2) is 0 Å². The molecule has 1 saturated carbocycles. The van der Waals surface area contributed by atoms with Crippen LogP contribution < -0.4 is 5.32 Å². The summed E-state index contributed by atoms with van der Waals surface area (Å²) < 4.78 is 10.8. The number of hydrogen-bond acceptors (Lipinski definition) is 4. The lowest BCUT2D eigenvalue weighted by Gasteiger charge is -2.27. The Balaban J connectivity index is 2.03. The zero-order valence-electron chi connectivity index (χ0n) is 21.4. The van der Waals surface area contributed by atoms with Crippen molar-refractivity contribution in [3.63, 3.8) is 0 Å². The van der Waals surface area contributed by atoms with Crippen LogP contribution in [0.2, 0.25) is 0 Å². The van der Waals surface area contributed by atoms with Crippen molar-refractivity contribution >= 4 is 12.1 Å². The average Bonchev–Trinajstić information content (AvgIpc) is 3.24. The maximum Gasteiger partial charge on any atom is 0.408 e. The topological polar surface area (TPSA) is 64.6 Å². The zero-order chi connectivity index (χ0) is 23.5. The van der Waals surface area contributed by atoms with E-state index in [2.05, 4.69) is 12.2 Å². The number of ether oxygens (including phenoxy) is 2. The van der Waals surface area contributed by atoms with Crippen molar-refractivity contribution in [1.29, 1.82) is 0 Å². The maximum absolute atomic E-state index is 12.7. The number of alkyl carbamates (subject to hydrolysis) is 1. The van der Waals surface area contributed by atoms with Crippen LogP contribution in [0, 0.1) is 5.92 Å². The van der Waals surface area contributed by atoms with Crippen LogP contribution in [0.4, 0.5) is 4.79 Å². The third-order valence-corrected chi connectivity index (χ3v) is 6.47. The van der Waals surface area contributed by atoms with Crippen LogP contribution in [0.1, 0.15) is 136 Å². The number of rotatable bonds is 19. The molecule has 1 aliphatic rings. The highest BCUT2D eigenvalue weighted by atomic mass is 16.6. The van der Waals surface area contributed by atoms with Crippen LogP contribution in [-0.2, 0) is 14.3 Å². The monoisotopic (exact) mass is 453 g/mol. The molecule has 0 saturated heterocycles. The molecular weight excluding hydrogens is 402 g/mol. The molecule has 5 heteroatoms. The molecule has 1 rings (SSSR count). The Labute approximate surface area is 197 Å². The van der Waals surface area contributed by atoms with Gasteiger partial charge in [-0.25, -0.2) is 9.59 Å². The van der Waals surface area contributed by atoms with Gasteiger partial charge in [-0.3, -0.25) is 0 Å². The summed E-state index contributed by atoms with van der Waals surface area (Å²) in [4.78, 5) is 24.8. The van der Waals surface area contributed by atoms with E-state index in [0.29, 0.717) is 26.1 Å². The van der Waals surface area contributed by atoms with Crippen molar-refractivity contribution in [3.05, 3.63) is 0 Å². The van der Waals surface area contributed by atoms with E-state index in [9.17, 15) is 9.59 Å². The third kappa shape index (κ3) is 13.3. The van der Waals surface area contributed by atoms with Crippen LogP contribution in [-0.4, -0.2) is 30.8 Å². The molecule has 1 aliphatic carbocycles. The Morgan fingerprint density at radius 3 is 1.69 bits per heavy atom. The number of nitrogens with one attached hydrogen (secondary N) is 1. The highest BCUT2D eigenvalue weighted by Crippen LogP contribution is 2.31. The summed E-state index contributed by atoms with van der Waals surface area (Å²) >= 11 is 0. The second-order valence-corrected chi connectivity index (χ2v) is 10.1. The van der Waals surface area contributed by atoms with Crippen LogP contribution in [0.3, 0.4) is 0 Å². The molecule has 1 amide bonds. The molecule has 5 nitrogen and oxygen atoms in total. The molecule has 0 aliphatic heterocycles. The van der Waals surface area contributed by atoms with Gasteiger partial charge in [-0.2, -0.15) is 0 Å². The molecule has 0 unspecified atom stereocenters. The van der Waals surface area contributed by atoms with E-state index in [1.165, 1.54) is 77.0 Å². The standard InChI is InChI=1S/C27H51NO4/c1-4-5-6-7-8-9-10-11-12-13-14-15-16-19-22-31-25(29)27(20-17-18-21-27)28-26(30)32-23-24(2)3/h24H,4-23H2,1-3H3,(H,28,30). The fourth-order valence-corrected chi connectivity index (χ4v) is 4.43. The van der Waals surface area contributed by atoms with Crippen molar-refractivity contribution in [2.75, 3.05) is 13.2 Å². The van der Waals surface area contributed by atoms with Gasteiger partial charge in [0.1, 0.15) is 5.54 Å². The van der Waals surface area contributed by atoms with E-state index in [0.717, 1.165) is 25.7 Å². The molecule has 0 spiro atoms. The highest BCUT2D eigenvalue weighted by molar-refractivity contribution is 5.86. The quantitative estimate of drug-likeness (QED) is 0.161. The summed E-state index contributed by atoms with van der Waals surface area (Å²) in [6, 6.07) is 0. The van der Waals surface area contributed by atoms with Gasteiger partial charge in [0, 0.05) is 0 Å². The first-order valence-electron chi connectivity index (χ1n) is 13.6. The van der Waals surface area contributed by atoms with Crippen LogP contribution in [0.25, 0.3) is 0 Å². The summed E-state index contributed by atoms with van der Waals surface area (Å²) in [5.41, 5.74) is -0.885. The molecule has 0 aromatic heterocycles. The van der Waals surface area contributed by atoms with Gasteiger partial charge in [-0.15, -0.1) is 0 Å². The lowest BCUT2D eigenvalue weighted by Crippen LogP contribution is -2.53. The molecular formula is C27H51NO4. The van der Waals surface area contributed by atoms with Gasteiger partial charge in [0.05, 0.1) is 13.2 Å². The van der Waals surface area contributed by atoms with Gasteiger partial charge in [-0.05, 0) is 25.2 Å². The van der Waals surface area contributed by atoms with Gasteiger partial charge < -0.3 is 14.8 Å². The minimum absolute atomic E-state index is 0.271. The van der Waals surface area contributed by atoms with E-state index in [1.54, 1.807) is 0 Å². The molecule has 0 aromatic carbocycles. The summed E-state index contributed by atoms with van der Waals surface area (Å²) in [7, 11) is 0. The molecule has 0 aromatic rings. The maximum atomic E-state index is 12.7. The molecule has 0 atom stereocenters. The van der Waals surface area contributed by atoms with Crippen LogP contribution in [0.15, 0.2) is 0 Å². The van der Waals surface area contributed by atoms with E-state index < -0.39 is 11.6 Å². The van der Waals surface area contributed by atoms with E-state index >= 15 is 0 Å². The smallest absolute Gasteiger partial charge is 0.408 e. The summed E-state index contributed by atoms with van der Waals surface area (Å²) in [5.74, 6) is -0.0151.